The summed E-state index contributed by atoms with van der Waals surface area (Å²) in [5, 5.41) is 9.44. The van der Waals surface area contributed by atoms with E-state index in [0.29, 0.717) is 74.2 Å². The third-order valence-corrected chi connectivity index (χ3v) is 8.08. The van der Waals surface area contributed by atoms with Gasteiger partial charge in [-0.25, -0.2) is 4.39 Å². The molecule has 0 unspecified atom stereocenters. The van der Waals surface area contributed by atoms with E-state index in [-0.39, 0.29) is 37.0 Å². The van der Waals surface area contributed by atoms with Crippen LogP contribution in [-0.4, -0.2) is 40.7 Å². The van der Waals surface area contributed by atoms with Gasteiger partial charge in [-0.15, -0.1) is 6.58 Å². The molecule has 0 amide bonds. The van der Waals surface area contributed by atoms with Crippen LogP contribution < -0.4 is 9.47 Å². The fraction of sp³-hybridized carbons (Fsp3) is 0.382. The lowest BCUT2D eigenvalue weighted by Crippen LogP contribution is -2.40. The van der Waals surface area contributed by atoms with Crippen LogP contribution >= 0.6 is 0 Å². The van der Waals surface area contributed by atoms with Gasteiger partial charge < -0.3 is 19.5 Å². The highest BCUT2D eigenvalue weighted by atomic mass is 19.1. The number of ether oxygens (including phenoxy) is 2. The fourth-order valence-electron chi connectivity index (χ4n) is 6.35. The van der Waals surface area contributed by atoms with Gasteiger partial charge in [0, 0.05) is 53.4 Å². The Kier molecular flexibility index (Phi) is 8.90. The molecule has 1 N–H and O–H groups in total. The molecule has 0 bridgehead atoms. The van der Waals surface area contributed by atoms with Crippen molar-refractivity contribution in [1.82, 2.24) is 4.90 Å². The summed E-state index contributed by atoms with van der Waals surface area (Å²) >= 11 is 0. The Bertz CT molecular complexity index is 1430. The number of carboxylic acid groups (broad SMARTS) is 1. The van der Waals surface area contributed by atoms with Crippen molar-refractivity contribution in [2.45, 2.75) is 70.8 Å². The Labute approximate surface area is 245 Å². The van der Waals surface area contributed by atoms with Crippen molar-refractivity contribution in [3.63, 3.8) is 0 Å². The molecule has 220 valence electrons. The number of allylic oxidation sites excluding steroid dienone is 5. The summed E-state index contributed by atoms with van der Waals surface area (Å²) < 4.78 is 25.8. The Balaban J connectivity index is 1.64. The quantitative estimate of drug-likeness (QED) is 0.310. The maximum absolute atomic E-state index is 13.6. The zero-order chi connectivity index (χ0) is 29.8. The molecular formula is C34H36FNO6. The topological polar surface area (TPSA) is 93.1 Å². The minimum absolute atomic E-state index is 0.00799. The van der Waals surface area contributed by atoms with E-state index in [9.17, 15) is 23.9 Å². The molecule has 0 radical (unpaired) electrons. The molecule has 42 heavy (non-hydrogen) atoms. The van der Waals surface area contributed by atoms with Gasteiger partial charge >= 0.3 is 5.97 Å². The standard InChI is InChI=1S/C34H36FNO6/c1-3-7-22-18-23(19-29(41-4-2)34(22)42-20-21-12-14-24(35)15-13-21)31-32-25(8-5-10-27(32)37)36(17-16-30(39)40)26-9-6-11-28(38)33(26)31/h3,12-15,18-19,31H,1,4-11,16-17,20H2,2H3,(H,39,40). The van der Waals surface area contributed by atoms with Crippen molar-refractivity contribution in [2.24, 2.45) is 0 Å². The number of ketones is 2. The molecule has 0 saturated carbocycles. The number of carboxylic acids is 1. The van der Waals surface area contributed by atoms with Crippen LogP contribution in [0.5, 0.6) is 11.5 Å². The maximum Gasteiger partial charge on any atom is 0.305 e. The highest BCUT2D eigenvalue weighted by molar-refractivity contribution is 6.06. The van der Waals surface area contributed by atoms with E-state index in [1.54, 1.807) is 18.2 Å². The highest BCUT2D eigenvalue weighted by Gasteiger charge is 2.43. The lowest BCUT2D eigenvalue weighted by molar-refractivity contribution is -0.137. The summed E-state index contributed by atoms with van der Waals surface area (Å²) in [4.78, 5) is 40.7. The third kappa shape index (κ3) is 5.89. The number of aliphatic carboxylic acids is 1. The van der Waals surface area contributed by atoms with Gasteiger partial charge in [-0.3, -0.25) is 14.4 Å². The van der Waals surface area contributed by atoms with E-state index in [1.165, 1.54) is 12.1 Å². The van der Waals surface area contributed by atoms with Gasteiger partial charge in [0.25, 0.3) is 0 Å². The molecule has 2 aliphatic carbocycles. The van der Waals surface area contributed by atoms with Crippen LogP contribution in [0.15, 0.2) is 71.6 Å². The number of Topliss-reactive ketones (excluding diaryl/α,β-unsaturated/α-hetero) is 2. The summed E-state index contributed by atoms with van der Waals surface area (Å²) in [7, 11) is 0. The smallest absolute Gasteiger partial charge is 0.305 e. The SMILES string of the molecule is C=CCc1cc(C2C3=C(CCCC3=O)N(CCC(=O)O)C3=C2C(=O)CCC3)cc(OCC)c1OCc1ccc(F)cc1. The van der Waals surface area contributed by atoms with Crippen LogP contribution in [0.2, 0.25) is 0 Å². The van der Waals surface area contributed by atoms with Gasteiger partial charge in [-0.05, 0) is 68.4 Å². The second-order valence-electron chi connectivity index (χ2n) is 10.9. The number of hydrogen-bond acceptors (Lipinski definition) is 6. The first-order chi connectivity index (χ1) is 20.3. The Morgan fingerprint density at radius 1 is 1.02 bits per heavy atom. The van der Waals surface area contributed by atoms with E-state index in [0.717, 1.165) is 28.1 Å². The minimum Gasteiger partial charge on any atom is -0.490 e. The Hall–Kier alpha value is -4.20. The average molecular weight is 574 g/mol. The van der Waals surface area contributed by atoms with Crippen LogP contribution in [0.25, 0.3) is 0 Å². The van der Waals surface area contributed by atoms with Gasteiger partial charge in [-0.1, -0.05) is 24.3 Å². The summed E-state index contributed by atoms with van der Waals surface area (Å²) in [5.41, 5.74) is 5.23. The number of carbonyl (C=O) groups is 3. The Morgan fingerprint density at radius 3 is 2.24 bits per heavy atom. The molecule has 0 aromatic heterocycles. The number of hydrogen-bond donors (Lipinski definition) is 1. The Morgan fingerprint density at radius 2 is 1.67 bits per heavy atom. The molecule has 0 spiro atoms. The molecule has 7 nitrogen and oxygen atoms in total. The second-order valence-corrected chi connectivity index (χ2v) is 10.9. The van der Waals surface area contributed by atoms with Crippen molar-refractivity contribution < 1.29 is 33.4 Å². The monoisotopic (exact) mass is 573 g/mol. The van der Waals surface area contributed by atoms with E-state index >= 15 is 0 Å². The zero-order valence-electron chi connectivity index (χ0n) is 23.9. The molecule has 3 aliphatic rings. The minimum atomic E-state index is -0.919. The summed E-state index contributed by atoms with van der Waals surface area (Å²) in [5.74, 6) is -0.785. The van der Waals surface area contributed by atoms with Gasteiger partial charge in [0.05, 0.1) is 13.0 Å². The lowest BCUT2D eigenvalue weighted by Gasteiger charge is -2.44. The number of benzene rings is 2. The van der Waals surface area contributed by atoms with E-state index in [2.05, 4.69) is 6.58 Å². The molecule has 8 heteroatoms. The van der Waals surface area contributed by atoms with Crippen LogP contribution in [0.3, 0.4) is 0 Å². The molecule has 0 saturated heterocycles. The maximum atomic E-state index is 13.6. The van der Waals surface area contributed by atoms with Gasteiger partial charge in [0.15, 0.2) is 23.1 Å². The largest absolute Gasteiger partial charge is 0.490 e. The van der Waals surface area contributed by atoms with Gasteiger partial charge in [-0.2, -0.15) is 0 Å². The van der Waals surface area contributed by atoms with Crippen LogP contribution in [0.4, 0.5) is 4.39 Å². The second kappa shape index (κ2) is 12.8. The molecule has 1 aliphatic heterocycles. The fourth-order valence-corrected chi connectivity index (χ4v) is 6.35. The third-order valence-electron chi connectivity index (χ3n) is 8.08. The summed E-state index contributed by atoms with van der Waals surface area (Å²) in [6.45, 7) is 6.60. The first-order valence-corrected chi connectivity index (χ1v) is 14.6. The molecular weight excluding hydrogens is 537 g/mol. The van der Waals surface area contributed by atoms with Crippen molar-refractivity contribution in [3.8, 4) is 11.5 Å². The van der Waals surface area contributed by atoms with Crippen molar-refractivity contribution in [2.75, 3.05) is 13.2 Å². The summed E-state index contributed by atoms with van der Waals surface area (Å²) in [6, 6.07) is 9.95. The number of halogens is 1. The molecule has 0 atom stereocenters. The van der Waals surface area contributed by atoms with Crippen LogP contribution in [0, 0.1) is 5.82 Å². The van der Waals surface area contributed by atoms with Gasteiger partial charge in [0.1, 0.15) is 12.4 Å². The van der Waals surface area contributed by atoms with Crippen LogP contribution in [-0.2, 0) is 27.4 Å². The molecule has 5 rings (SSSR count). The predicted octanol–water partition coefficient (Wildman–Crippen LogP) is 6.42. The average Bonchev–Trinajstić information content (AvgIpc) is 2.96. The van der Waals surface area contributed by atoms with Crippen LogP contribution in [0.1, 0.15) is 74.5 Å². The summed E-state index contributed by atoms with van der Waals surface area (Å²) in [6.07, 6.45) is 5.59. The first kappa shape index (κ1) is 29.3. The molecule has 1 heterocycles. The normalized spacial score (nSPS) is 17.2. The predicted molar refractivity (Wildman–Crippen MR) is 156 cm³/mol. The molecule has 2 aromatic rings. The number of carbonyl (C=O) groups excluding carboxylic acids is 2. The van der Waals surface area contributed by atoms with Crippen molar-refractivity contribution in [1.29, 1.82) is 0 Å². The molecule has 2 aromatic carbocycles. The first-order valence-electron chi connectivity index (χ1n) is 14.6. The number of rotatable bonds is 11. The van der Waals surface area contributed by atoms with E-state index in [1.807, 2.05) is 24.0 Å². The molecule has 0 fully saturated rings. The van der Waals surface area contributed by atoms with Crippen molar-refractivity contribution >= 4 is 17.5 Å². The highest BCUT2D eigenvalue weighted by Crippen LogP contribution is 2.50. The van der Waals surface area contributed by atoms with E-state index in [4.69, 9.17) is 9.47 Å². The van der Waals surface area contributed by atoms with Gasteiger partial charge in [0.2, 0.25) is 0 Å². The van der Waals surface area contributed by atoms with E-state index < -0.39 is 11.9 Å². The lowest BCUT2D eigenvalue weighted by atomic mass is 9.70. The van der Waals surface area contributed by atoms with Crippen molar-refractivity contribution in [3.05, 3.63) is 94.1 Å². The zero-order valence-corrected chi connectivity index (χ0v) is 23.9. The number of nitrogens with zero attached hydrogens (tertiary/aromatic N) is 1.